The predicted molar refractivity (Wildman–Crippen MR) is 85.1 cm³/mol. The van der Waals surface area contributed by atoms with Crippen LogP contribution in [-0.4, -0.2) is 26.5 Å². The summed E-state index contributed by atoms with van der Waals surface area (Å²) < 4.78 is 25.5. The smallest absolute Gasteiger partial charge is 0.151 e. The fraction of sp³-hybridized carbons (Fsp3) is 0.636. The molecule has 0 aliphatic heterocycles. The van der Waals surface area contributed by atoms with Gasteiger partial charge in [-0.1, -0.05) is 6.92 Å². The second kappa shape index (κ2) is 6.83. The average Bonchev–Trinajstić information content (AvgIpc) is 2.57. The van der Waals surface area contributed by atoms with Crippen LogP contribution in [0.25, 0.3) is 0 Å². The van der Waals surface area contributed by atoms with E-state index in [0.29, 0.717) is 0 Å². The molecule has 0 spiro atoms. The number of sulfone groups is 1. The molecule has 1 aromatic rings. The minimum absolute atomic E-state index is 0.183. The first kappa shape index (κ1) is 16.6. The van der Waals surface area contributed by atoms with E-state index in [1.807, 2.05) is 6.07 Å². The van der Waals surface area contributed by atoms with E-state index in [-0.39, 0.29) is 6.04 Å². The Morgan fingerprint density at radius 2 is 2.06 bits per heavy atom. The van der Waals surface area contributed by atoms with Crippen LogP contribution in [0.4, 0.5) is 0 Å². The molecule has 1 N–H and O–H groups in total. The molecule has 0 saturated heterocycles. The monoisotopic (exact) mass is 417 g/mol. The van der Waals surface area contributed by atoms with Gasteiger partial charge in [0.2, 0.25) is 0 Å². The third-order valence-corrected chi connectivity index (χ3v) is 6.79. The van der Waals surface area contributed by atoms with Gasteiger partial charge in [0.25, 0.3) is 0 Å². The molecule has 0 aliphatic carbocycles. The lowest BCUT2D eigenvalue weighted by molar-refractivity contribution is 0.500. The normalized spacial score (nSPS) is 15.6. The number of rotatable bonds is 6. The van der Waals surface area contributed by atoms with E-state index in [1.165, 1.54) is 6.26 Å². The molecule has 7 heteroatoms. The Kier molecular flexibility index (Phi) is 6.31. The van der Waals surface area contributed by atoms with E-state index < -0.39 is 15.1 Å². The topological polar surface area (TPSA) is 46.2 Å². The third-order valence-electron chi connectivity index (χ3n) is 2.78. The molecule has 2 atom stereocenters. The summed E-state index contributed by atoms with van der Waals surface area (Å²) in [4.78, 5) is 0. The first-order chi connectivity index (χ1) is 8.27. The maximum absolute atomic E-state index is 11.8. The quantitative estimate of drug-likeness (QED) is 0.765. The second-order valence-corrected chi connectivity index (χ2v) is 10.4. The standard InChI is InChI=1S/C11H17Br2NO2S2/c1-4-5-14-10(7(2)18(3,15)16)8-6-9(12)17-11(8)13/h6-7,10,14H,4-5H2,1-3H3. The van der Waals surface area contributed by atoms with Crippen molar-refractivity contribution in [2.24, 2.45) is 0 Å². The number of thiophene rings is 1. The molecule has 104 valence electrons. The Hall–Kier alpha value is 0.570. The molecule has 1 rings (SSSR count). The van der Waals surface area contributed by atoms with E-state index in [2.05, 4.69) is 44.1 Å². The van der Waals surface area contributed by atoms with Crippen molar-refractivity contribution in [1.82, 2.24) is 5.32 Å². The maximum Gasteiger partial charge on any atom is 0.151 e. The fourth-order valence-corrected chi connectivity index (χ4v) is 5.31. The van der Waals surface area contributed by atoms with Crippen molar-refractivity contribution in [3.8, 4) is 0 Å². The highest BCUT2D eigenvalue weighted by atomic mass is 79.9. The van der Waals surface area contributed by atoms with Crippen molar-refractivity contribution < 1.29 is 8.42 Å². The minimum atomic E-state index is -3.08. The molecule has 1 heterocycles. The molecule has 0 saturated carbocycles. The van der Waals surface area contributed by atoms with Gasteiger partial charge in [-0.3, -0.25) is 0 Å². The van der Waals surface area contributed by atoms with Crippen LogP contribution in [0.15, 0.2) is 13.6 Å². The van der Waals surface area contributed by atoms with Gasteiger partial charge in [-0.25, -0.2) is 8.42 Å². The molecule has 0 bridgehead atoms. The van der Waals surface area contributed by atoms with Crippen LogP contribution in [0, 0.1) is 0 Å². The number of hydrogen-bond donors (Lipinski definition) is 1. The number of nitrogens with one attached hydrogen (secondary N) is 1. The van der Waals surface area contributed by atoms with E-state index >= 15 is 0 Å². The van der Waals surface area contributed by atoms with Crippen LogP contribution in [0.1, 0.15) is 31.9 Å². The van der Waals surface area contributed by atoms with Crippen LogP contribution in [-0.2, 0) is 9.84 Å². The Labute approximate surface area is 130 Å². The minimum Gasteiger partial charge on any atom is -0.309 e. The third kappa shape index (κ3) is 4.30. The molecular weight excluding hydrogens is 402 g/mol. The molecule has 0 aliphatic rings. The van der Waals surface area contributed by atoms with Crippen LogP contribution in [0.2, 0.25) is 0 Å². The van der Waals surface area contributed by atoms with Crippen molar-refractivity contribution in [2.45, 2.75) is 31.6 Å². The van der Waals surface area contributed by atoms with E-state index in [4.69, 9.17) is 0 Å². The van der Waals surface area contributed by atoms with E-state index in [9.17, 15) is 8.42 Å². The molecule has 2 unspecified atom stereocenters. The summed E-state index contributed by atoms with van der Waals surface area (Å²) >= 11 is 8.49. The van der Waals surface area contributed by atoms with E-state index in [0.717, 1.165) is 26.1 Å². The molecule has 0 radical (unpaired) electrons. The fourth-order valence-electron chi connectivity index (χ4n) is 1.64. The van der Waals surface area contributed by atoms with Crippen LogP contribution in [0.3, 0.4) is 0 Å². The number of hydrogen-bond acceptors (Lipinski definition) is 4. The van der Waals surface area contributed by atoms with Crippen LogP contribution in [0.5, 0.6) is 0 Å². The SMILES string of the molecule is CCCNC(c1cc(Br)sc1Br)C(C)S(C)(=O)=O. The summed E-state index contributed by atoms with van der Waals surface area (Å²) in [7, 11) is -3.08. The Morgan fingerprint density at radius 1 is 1.44 bits per heavy atom. The van der Waals surface area contributed by atoms with Gasteiger partial charge in [-0.15, -0.1) is 11.3 Å². The lowest BCUT2D eigenvalue weighted by Crippen LogP contribution is -2.35. The molecule has 0 aromatic carbocycles. The van der Waals surface area contributed by atoms with E-state index in [1.54, 1.807) is 18.3 Å². The highest BCUT2D eigenvalue weighted by molar-refractivity contribution is 9.12. The highest BCUT2D eigenvalue weighted by Crippen LogP contribution is 2.37. The summed E-state index contributed by atoms with van der Waals surface area (Å²) in [5, 5.41) is 2.87. The van der Waals surface area contributed by atoms with Gasteiger partial charge in [0, 0.05) is 6.26 Å². The Balaban J connectivity index is 3.09. The molecule has 3 nitrogen and oxygen atoms in total. The summed E-state index contributed by atoms with van der Waals surface area (Å²) in [6.07, 6.45) is 2.25. The summed E-state index contributed by atoms with van der Waals surface area (Å²) in [6.45, 7) is 4.61. The molecule has 1 aromatic heterocycles. The lowest BCUT2D eigenvalue weighted by Gasteiger charge is -2.23. The first-order valence-electron chi connectivity index (χ1n) is 5.64. The van der Waals surface area contributed by atoms with Gasteiger partial charge in [0.1, 0.15) is 0 Å². The van der Waals surface area contributed by atoms with Gasteiger partial charge in [0.15, 0.2) is 9.84 Å². The summed E-state index contributed by atoms with van der Waals surface area (Å²) in [5.74, 6) is 0. The molecule has 18 heavy (non-hydrogen) atoms. The largest absolute Gasteiger partial charge is 0.309 e. The second-order valence-electron chi connectivity index (χ2n) is 4.25. The zero-order chi connectivity index (χ0) is 13.9. The van der Waals surface area contributed by atoms with Gasteiger partial charge < -0.3 is 5.32 Å². The maximum atomic E-state index is 11.8. The average molecular weight is 419 g/mol. The van der Waals surface area contributed by atoms with Crippen LogP contribution >= 0.6 is 43.2 Å². The van der Waals surface area contributed by atoms with Crippen LogP contribution < -0.4 is 5.32 Å². The first-order valence-corrected chi connectivity index (χ1v) is 10.00. The van der Waals surface area contributed by atoms with Crippen molar-refractivity contribution in [3.05, 3.63) is 19.2 Å². The van der Waals surface area contributed by atoms with Gasteiger partial charge in [-0.2, -0.15) is 0 Å². The van der Waals surface area contributed by atoms with Gasteiger partial charge in [-0.05, 0) is 63.4 Å². The molecule has 0 fully saturated rings. The zero-order valence-corrected chi connectivity index (χ0v) is 15.3. The zero-order valence-electron chi connectivity index (χ0n) is 10.5. The predicted octanol–water partition coefficient (Wildman–Crippen LogP) is 3.75. The Morgan fingerprint density at radius 3 is 2.44 bits per heavy atom. The van der Waals surface area contributed by atoms with Gasteiger partial charge in [0.05, 0.1) is 18.9 Å². The van der Waals surface area contributed by atoms with Crippen molar-refractivity contribution in [1.29, 1.82) is 0 Å². The van der Waals surface area contributed by atoms with Gasteiger partial charge >= 0.3 is 0 Å². The lowest BCUT2D eigenvalue weighted by atomic mass is 10.1. The summed E-state index contributed by atoms with van der Waals surface area (Å²) in [5.41, 5.74) is 0.998. The summed E-state index contributed by atoms with van der Waals surface area (Å²) in [6, 6.07) is 1.79. The van der Waals surface area contributed by atoms with Crippen molar-refractivity contribution >= 4 is 53.0 Å². The highest BCUT2D eigenvalue weighted by Gasteiger charge is 2.29. The number of halogens is 2. The molecular formula is C11H17Br2NO2S2. The van der Waals surface area contributed by atoms with Crippen molar-refractivity contribution in [3.63, 3.8) is 0 Å². The van der Waals surface area contributed by atoms with Crippen molar-refractivity contribution in [2.75, 3.05) is 12.8 Å². The Bertz CT molecular complexity index is 499. The molecule has 0 amide bonds.